The van der Waals surface area contributed by atoms with Gasteiger partial charge in [0.1, 0.15) is 5.75 Å². The summed E-state index contributed by atoms with van der Waals surface area (Å²) in [6.45, 7) is 2.06. The Morgan fingerprint density at radius 2 is 1.88 bits per heavy atom. The van der Waals surface area contributed by atoms with Gasteiger partial charge in [0.2, 0.25) is 0 Å². The molecule has 1 nitrogen and oxygen atoms in total. The van der Waals surface area contributed by atoms with E-state index in [0.29, 0.717) is 0 Å². The van der Waals surface area contributed by atoms with E-state index in [1.54, 1.807) is 7.11 Å². The molecular formula is C14H13ClO. The number of methoxy groups -OCH3 is 1. The van der Waals surface area contributed by atoms with Crippen molar-refractivity contribution in [2.24, 2.45) is 0 Å². The van der Waals surface area contributed by atoms with Crippen LogP contribution >= 0.6 is 11.6 Å². The van der Waals surface area contributed by atoms with Gasteiger partial charge in [-0.3, -0.25) is 0 Å². The molecule has 82 valence electrons. The summed E-state index contributed by atoms with van der Waals surface area (Å²) in [5.41, 5.74) is 3.36. The van der Waals surface area contributed by atoms with Crippen molar-refractivity contribution in [3.8, 4) is 16.9 Å². The average molecular weight is 233 g/mol. The van der Waals surface area contributed by atoms with Crippen LogP contribution in [0.2, 0.25) is 5.02 Å². The van der Waals surface area contributed by atoms with E-state index in [-0.39, 0.29) is 0 Å². The minimum absolute atomic E-state index is 0.737. The van der Waals surface area contributed by atoms with E-state index in [1.807, 2.05) is 36.4 Å². The summed E-state index contributed by atoms with van der Waals surface area (Å²) < 4.78 is 5.35. The van der Waals surface area contributed by atoms with Gasteiger partial charge in [-0.1, -0.05) is 35.4 Å². The Labute approximate surface area is 101 Å². The highest BCUT2D eigenvalue weighted by atomic mass is 35.5. The van der Waals surface area contributed by atoms with Crippen LogP contribution in [-0.4, -0.2) is 7.11 Å². The molecule has 0 unspecified atom stereocenters. The molecule has 0 saturated carbocycles. The second-order valence-corrected chi connectivity index (χ2v) is 4.15. The third-order valence-corrected chi connectivity index (χ3v) is 2.73. The predicted molar refractivity (Wildman–Crippen MR) is 68.2 cm³/mol. The normalized spacial score (nSPS) is 10.2. The standard InChI is InChI=1S/C14H13ClO/c1-10-6-7-14(16-2)13(8-10)11-4-3-5-12(15)9-11/h3-9H,1-2H3. The fraction of sp³-hybridized carbons (Fsp3) is 0.143. The molecule has 2 aromatic carbocycles. The minimum Gasteiger partial charge on any atom is -0.496 e. The van der Waals surface area contributed by atoms with Gasteiger partial charge in [0.05, 0.1) is 7.11 Å². The first-order valence-corrected chi connectivity index (χ1v) is 5.49. The topological polar surface area (TPSA) is 9.23 Å². The molecule has 2 aromatic rings. The Morgan fingerprint density at radius 3 is 2.56 bits per heavy atom. The Morgan fingerprint density at radius 1 is 1.06 bits per heavy atom. The number of hydrogen-bond donors (Lipinski definition) is 0. The van der Waals surface area contributed by atoms with Gasteiger partial charge in [0.25, 0.3) is 0 Å². The molecule has 2 heteroatoms. The number of aryl methyl sites for hydroxylation is 1. The minimum atomic E-state index is 0.737. The molecule has 0 radical (unpaired) electrons. The lowest BCUT2D eigenvalue weighted by molar-refractivity contribution is 0.416. The summed E-state index contributed by atoms with van der Waals surface area (Å²) in [4.78, 5) is 0. The van der Waals surface area contributed by atoms with Crippen LogP contribution in [-0.2, 0) is 0 Å². The highest BCUT2D eigenvalue weighted by molar-refractivity contribution is 6.30. The van der Waals surface area contributed by atoms with Crippen molar-refractivity contribution in [1.82, 2.24) is 0 Å². The maximum absolute atomic E-state index is 5.99. The zero-order valence-corrected chi connectivity index (χ0v) is 10.1. The Balaban J connectivity index is 2.58. The number of halogens is 1. The van der Waals surface area contributed by atoms with Crippen LogP contribution in [0.1, 0.15) is 5.56 Å². The molecule has 0 aliphatic heterocycles. The first-order valence-electron chi connectivity index (χ1n) is 5.11. The van der Waals surface area contributed by atoms with Crippen LogP contribution in [0.3, 0.4) is 0 Å². The highest BCUT2D eigenvalue weighted by Crippen LogP contribution is 2.31. The van der Waals surface area contributed by atoms with E-state index in [1.165, 1.54) is 5.56 Å². The number of rotatable bonds is 2. The van der Waals surface area contributed by atoms with Gasteiger partial charge in [-0.25, -0.2) is 0 Å². The monoisotopic (exact) mass is 232 g/mol. The summed E-state index contributed by atoms with van der Waals surface area (Å²) in [6, 6.07) is 13.9. The number of ether oxygens (including phenoxy) is 1. The molecule has 0 N–H and O–H groups in total. The summed E-state index contributed by atoms with van der Waals surface area (Å²) in [7, 11) is 1.68. The first-order chi connectivity index (χ1) is 7.70. The summed E-state index contributed by atoms with van der Waals surface area (Å²) in [6.07, 6.45) is 0. The predicted octanol–water partition coefficient (Wildman–Crippen LogP) is 4.32. The van der Waals surface area contributed by atoms with E-state index < -0.39 is 0 Å². The Hall–Kier alpha value is -1.47. The van der Waals surface area contributed by atoms with E-state index in [9.17, 15) is 0 Å². The van der Waals surface area contributed by atoms with E-state index in [2.05, 4.69) is 13.0 Å². The lowest BCUT2D eigenvalue weighted by Gasteiger charge is -2.09. The van der Waals surface area contributed by atoms with Crippen molar-refractivity contribution in [3.05, 3.63) is 53.1 Å². The van der Waals surface area contributed by atoms with Crippen LogP contribution < -0.4 is 4.74 Å². The summed E-state index contributed by atoms with van der Waals surface area (Å²) in [5.74, 6) is 0.868. The van der Waals surface area contributed by atoms with Crippen molar-refractivity contribution in [1.29, 1.82) is 0 Å². The van der Waals surface area contributed by atoms with Crippen molar-refractivity contribution < 1.29 is 4.74 Å². The van der Waals surface area contributed by atoms with E-state index in [0.717, 1.165) is 21.9 Å². The third kappa shape index (κ3) is 2.20. The smallest absolute Gasteiger partial charge is 0.126 e. The van der Waals surface area contributed by atoms with Gasteiger partial charge in [-0.05, 0) is 36.8 Å². The fourth-order valence-electron chi connectivity index (χ4n) is 1.70. The quantitative estimate of drug-likeness (QED) is 0.749. The number of hydrogen-bond acceptors (Lipinski definition) is 1. The molecule has 16 heavy (non-hydrogen) atoms. The molecule has 0 spiro atoms. The second-order valence-electron chi connectivity index (χ2n) is 3.71. The second kappa shape index (κ2) is 4.58. The lowest BCUT2D eigenvalue weighted by atomic mass is 10.0. The summed E-state index contributed by atoms with van der Waals surface area (Å²) >= 11 is 5.99. The van der Waals surface area contributed by atoms with Crippen LogP contribution in [0.5, 0.6) is 5.75 Å². The fourth-order valence-corrected chi connectivity index (χ4v) is 1.89. The van der Waals surface area contributed by atoms with Crippen LogP contribution in [0, 0.1) is 6.92 Å². The average Bonchev–Trinajstić information content (AvgIpc) is 2.29. The molecule has 0 amide bonds. The molecule has 0 atom stereocenters. The zero-order valence-electron chi connectivity index (χ0n) is 9.33. The van der Waals surface area contributed by atoms with Gasteiger partial charge >= 0.3 is 0 Å². The maximum Gasteiger partial charge on any atom is 0.126 e. The van der Waals surface area contributed by atoms with Gasteiger partial charge in [-0.15, -0.1) is 0 Å². The van der Waals surface area contributed by atoms with Gasteiger partial charge in [-0.2, -0.15) is 0 Å². The highest BCUT2D eigenvalue weighted by Gasteiger charge is 2.05. The molecule has 0 heterocycles. The maximum atomic E-state index is 5.99. The molecule has 0 bridgehead atoms. The molecule has 2 rings (SSSR count). The van der Waals surface area contributed by atoms with Crippen LogP contribution in [0.4, 0.5) is 0 Å². The molecule has 0 aliphatic rings. The van der Waals surface area contributed by atoms with Crippen molar-refractivity contribution >= 4 is 11.6 Å². The van der Waals surface area contributed by atoms with Crippen molar-refractivity contribution in [2.45, 2.75) is 6.92 Å². The van der Waals surface area contributed by atoms with Gasteiger partial charge < -0.3 is 4.74 Å². The van der Waals surface area contributed by atoms with Crippen molar-refractivity contribution in [2.75, 3.05) is 7.11 Å². The van der Waals surface area contributed by atoms with Gasteiger partial charge in [0.15, 0.2) is 0 Å². The molecule has 0 aliphatic carbocycles. The molecule has 0 saturated heterocycles. The van der Waals surface area contributed by atoms with E-state index >= 15 is 0 Å². The number of benzene rings is 2. The third-order valence-electron chi connectivity index (χ3n) is 2.49. The molecule has 0 fully saturated rings. The lowest BCUT2D eigenvalue weighted by Crippen LogP contribution is -1.88. The van der Waals surface area contributed by atoms with E-state index in [4.69, 9.17) is 16.3 Å². The molecule has 0 aromatic heterocycles. The largest absolute Gasteiger partial charge is 0.496 e. The van der Waals surface area contributed by atoms with Crippen LogP contribution in [0.25, 0.3) is 11.1 Å². The van der Waals surface area contributed by atoms with Crippen LogP contribution in [0.15, 0.2) is 42.5 Å². The van der Waals surface area contributed by atoms with Gasteiger partial charge in [0, 0.05) is 10.6 Å². The summed E-state index contributed by atoms with van der Waals surface area (Å²) in [5, 5.41) is 0.737. The molecular weight excluding hydrogens is 220 g/mol. The van der Waals surface area contributed by atoms with Crippen molar-refractivity contribution in [3.63, 3.8) is 0 Å². The Bertz CT molecular complexity index is 506. The Kier molecular flexibility index (Phi) is 3.16. The first kappa shape index (κ1) is 11.0. The zero-order chi connectivity index (χ0) is 11.5. The SMILES string of the molecule is COc1ccc(C)cc1-c1cccc(Cl)c1.